The standard InChI is InChI=1S/C10H11BrN4/c11-9-2-1-3-10(14-9)13-5-7-15-6-4-12-8-15/h1-4,6,8H,5,7H2,(H,13,14). The van der Waals surface area contributed by atoms with Gasteiger partial charge in [-0.3, -0.25) is 0 Å². The van der Waals surface area contributed by atoms with Gasteiger partial charge in [-0.25, -0.2) is 9.97 Å². The van der Waals surface area contributed by atoms with Crippen molar-refractivity contribution in [3.05, 3.63) is 41.5 Å². The number of hydrogen-bond donors (Lipinski definition) is 1. The average Bonchev–Trinajstić information content (AvgIpc) is 2.71. The third kappa shape index (κ3) is 3.06. The molecule has 5 heteroatoms. The molecule has 2 heterocycles. The fourth-order valence-electron chi connectivity index (χ4n) is 1.24. The van der Waals surface area contributed by atoms with Crippen molar-refractivity contribution >= 4 is 21.7 Å². The molecule has 0 radical (unpaired) electrons. The van der Waals surface area contributed by atoms with Crippen LogP contribution in [0, 0.1) is 0 Å². The maximum Gasteiger partial charge on any atom is 0.127 e. The molecular weight excluding hydrogens is 256 g/mol. The predicted molar refractivity (Wildman–Crippen MR) is 62.7 cm³/mol. The van der Waals surface area contributed by atoms with Crippen molar-refractivity contribution in [3.8, 4) is 0 Å². The topological polar surface area (TPSA) is 42.7 Å². The minimum Gasteiger partial charge on any atom is -0.368 e. The molecule has 4 nitrogen and oxygen atoms in total. The lowest BCUT2D eigenvalue weighted by Crippen LogP contribution is -2.09. The molecule has 2 aromatic heterocycles. The Morgan fingerprint density at radius 2 is 2.33 bits per heavy atom. The zero-order valence-corrected chi connectivity index (χ0v) is 9.68. The molecule has 0 unspecified atom stereocenters. The highest BCUT2D eigenvalue weighted by Gasteiger charge is 1.94. The zero-order valence-electron chi connectivity index (χ0n) is 8.10. The first-order valence-corrected chi connectivity index (χ1v) is 5.46. The van der Waals surface area contributed by atoms with Crippen molar-refractivity contribution in [1.82, 2.24) is 14.5 Å². The van der Waals surface area contributed by atoms with Gasteiger partial charge in [0.25, 0.3) is 0 Å². The minimum atomic E-state index is 0.833. The molecule has 0 spiro atoms. The first-order valence-electron chi connectivity index (χ1n) is 4.67. The van der Waals surface area contributed by atoms with Gasteiger partial charge in [-0.05, 0) is 28.1 Å². The Morgan fingerprint density at radius 3 is 3.07 bits per heavy atom. The van der Waals surface area contributed by atoms with Crippen LogP contribution >= 0.6 is 15.9 Å². The Balaban J connectivity index is 1.83. The molecule has 1 N–H and O–H groups in total. The van der Waals surface area contributed by atoms with Crippen LogP contribution in [0.4, 0.5) is 5.82 Å². The Kier molecular flexibility index (Phi) is 3.34. The summed E-state index contributed by atoms with van der Waals surface area (Å²) in [4.78, 5) is 8.25. The molecule has 0 aliphatic carbocycles. The van der Waals surface area contributed by atoms with Crippen molar-refractivity contribution in [2.75, 3.05) is 11.9 Å². The molecule has 0 aliphatic heterocycles. The van der Waals surface area contributed by atoms with E-state index < -0.39 is 0 Å². The largest absolute Gasteiger partial charge is 0.368 e. The molecule has 78 valence electrons. The minimum absolute atomic E-state index is 0.833. The molecule has 0 atom stereocenters. The van der Waals surface area contributed by atoms with E-state index in [1.165, 1.54) is 0 Å². The van der Waals surface area contributed by atoms with Crippen molar-refractivity contribution in [2.45, 2.75) is 6.54 Å². The lowest BCUT2D eigenvalue weighted by Gasteiger charge is -2.05. The molecular formula is C10H11BrN4. The molecule has 0 aliphatic rings. The van der Waals surface area contributed by atoms with Gasteiger partial charge in [0.2, 0.25) is 0 Å². The fraction of sp³-hybridized carbons (Fsp3) is 0.200. The molecule has 0 bridgehead atoms. The number of aromatic nitrogens is 3. The number of imidazole rings is 1. The highest BCUT2D eigenvalue weighted by Crippen LogP contribution is 2.09. The van der Waals surface area contributed by atoms with Crippen LogP contribution in [-0.2, 0) is 6.54 Å². The van der Waals surface area contributed by atoms with Gasteiger partial charge in [0, 0.05) is 25.5 Å². The Hall–Kier alpha value is -1.36. The van der Waals surface area contributed by atoms with E-state index in [9.17, 15) is 0 Å². The molecule has 2 aromatic rings. The lowest BCUT2D eigenvalue weighted by molar-refractivity contribution is 0.725. The van der Waals surface area contributed by atoms with Crippen LogP contribution in [0.2, 0.25) is 0 Å². The summed E-state index contributed by atoms with van der Waals surface area (Å²) < 4.78 is 2.86. The number of pyridine rings is 1. The molecule has 0 fully saturated rings. The van der Waals surface area contributed by atoms with Crippen molar-refractivity contribution in [2.24, 2.45) is 0 Å². The van der Waals surface area contributed by atoms with Crippen LogP contribution in [0.5, 0.6) is 0 Å². The Morgan fingerprint density at radius 1 is 1.40 bits per heavy atom. The first kappa shape index (κ1) is 10.2. The van der Waals surface area contributed by atoms with Crippen molar-refractivity contribution < 1.29 is 0 Å². The van der Waals surface area contributed by atoms with E-state index in [0.29, 0.717) is 0 Å². The Bertz CT molecular complexity index is 413. The van der Waals surface area contributed by atoms with Gasteiger partial charge in [0.15, 0.2) is 0 Å². The number of nitrogens with zero attached hydrogens (tertiary/aromatic N) is 3. The lowest BCUT2D eigenvalue weighted by atomic mass is 10.4. The van der Waals surface area contributed by atoms with Crippen LogP contribution < -0.4 is 5.32 Å². The monoisotopic (exact) mass is 266 g/mol. The third-order valence-electron chi connectivity index (χ3n) is 1.95. The number of rotatable bonds is 4. The summed E-state index contributed by atoms with van der Waals surface area (Å²) in [6, 6.07) is 5.80. The summed E-state index contributed by atoms with van der Waals surface area (Å²) in [5.41, 5.74) is 0. The van der Waals surface area contributed by atoms with E-state index >= 15 is 0 Å². The van der Waals surface area contributed by atoms with Gasteiger partial charge in [0.05, 0.1) is 6.33 Å². The van der Waals surface area contributed by atoms with E-state index in [1.807, 2.05) is 29.0 Å². The summed E-state index contributed by atoms with van der Waals surface area (Å²) in [5, 5.41) is 3.23. The van der Waals surface area contributed by atoms with Crippen molar-refractivity contribution in [1.29, 1.82) is 0 Å². The number of halogens is 1. The van der Waals surface area contributed by atoms with Gasteiger partial charge in [-0.2, -0.15) is 0 Å². The second-order valence-corrected chi connectivity index (χ2v) is 3.89. The van der Waals surface area contributed by atoms with Crippen molar-refractivity contribution in [3.63, 3.8) is 0 Å². The SMILES string of the molecule is Brc1cccc(NCCn2ccnc2)n1. The maximum atomic E-state index is 4.27. The van der Waals surface area contributed by atoms with Crippen LogP contribution in [0.15, 0.2) is 41.5 Å². The smallest absolute Gasteiger partial charge is 0.127 e. The van der Waals surface area contributed by atoms with Crippen LogP contribution in [0.1, 0.15) is 0 Å². The van der Waals surface area contributed by atoms with E-state index in [1.54, 1.807) is 12.5 Å². The van der Waals surface area contributed by atoms with Gasteiger partial charge in [-0.15, -0.1) is 0 Å². The highest BCUT2D eigenvalue weighted by atomic mass is 79.9. The first-order chi connectivity index (χ1) is 7.34. The van der Waals surface area contributed by atoms with Crippen LogP contribution in [0.3, 0.4) is 0 Å². The summed E-state index contributed by atoms with van der Waals surface area (Å²) in [6.07, 6.45) is 5.52. The normalized spacial score (nSPS) is 10.2. The second kappa shape index (κ2) is 4.93. The van der Waals surface area contributed by atoms with Gasteiger partial charge in [-0.1, -0.05) is 6.07 Å². The summed E-state index contributed by atoms with van der Waals surface area (Å²) >= 11 is 3.33. The second-order valence-electron chi connectivity index (χ2n) is 3.07. The molecule has 0 saturated carbocycles. The zero-order chi connectivity index (χ0) is 10.5. The van der Waals surface area contributed by atoms with E-state index in [2.05, 4.69) is 31.2 Å². The van der Waals surface area contributed by atoms with E-state index in [-0.39, 0.29) is 0 Å². The number of hydrogen-bond acceptors (Lipinski definition) is 3. The van der Waals surface area contributed by atoms with Crippen LogP contribution in [0.25, 0.3) is 0 Å². The fourth-order valence-corrected chi connectivity index (χ4v) is 1.58. The predicted octanol–water partition coefficient (Wildman–Crippen LogP) is 2.15. The third-order valence-corrected chi connectivity index (χ3v) is 2.39. The maximum absolute atomic E-state index is 4.27. The summed E-state index contributed by atoms with van der Waals surface area (Å²) in [5.74, 6) is 0.879. The molecule has 15 heavy (non-hydrogen) atoms. The van der Waals surface area contributed by atoms with E-state index in [4.69, 9.17) is 0 Å². The molecule has 2 rings (SSSR count). The Labute approximate surface area is 96.5 Å². The summed E-state index contributed by atoms with van der Waals surface area (Å²) in [6.45, 7) is 1.72. The van der Waals surface area contributed by atoms with Gasteiger partial charge in [0.1, 0.15) is 10.4 Å². The highest BCUT2D eigenvalue weighted by molar-refractivity contribution is 9.10. The van der Waals surface area contributed by atoms with Gasteiger partial charge < -0.3 is 9.88 Å². The quantitative estimate of drug-likeness (QED) is 0.863. The van der Waals surface area contributed by atoms with Gasteiger partial charge >= 0.3 is 0 Å². The molecule has 0 aromatic carbocycles. The molecule has 0 saturated heterocycles. The number of anilines is 1. The van der Waals surface area contributed by atoms with Crippen LogP contribution in [-0.4, -0.2) is 21.1 Å². The van der Waals surface area contributed by atoms with E-state index in [0.717, 1.165) is 23.5 Å². The molecule has 0 amide bonds. The number of nitrogens with one attached hydrogen (secondary N) is 1. The summed E-state index contributed by atoms with van der Waals surface area (Å²) in [7, 11) is 0. The average molecular weight is 267 g/mol.